The van der Waals surface area contributed by atoms with Crippen molar-refractivity contribution < 1.29 is 27.9 Å². The van der Waals surface area contributed by atoms with Crippen LogP contribution in [0.25, 0.3) is 0 Å². The summed E-state index contributed by atoms with van der Waals surface area (Å²) in [4.78, 5) is 20.9. The molecule has 20 heavy (non-hydrogen) atoms. The van der Waals surface area contributed by atoms with E-state index in [-0.39, 0.29) is 28.1 Å². The van der Waals surface area contributed by atoms with Crippen molar-refractivity contribution in [3.05, 3.63) is 28.2 Å². The predicted molar refractivity (Wildman–Crippen MR) is 71.8 cm³/mol. The van der Waals surface area contributed by atoms with E-state index in [4.69, 9.17) is 10.8 Å². The van der Waals surface area contributed by atoms with Crippen LogP contribution >= 0.6 is 15.9 Å². The molecule has 0 saturated carbocycles. The number of carbonyl (C=O) groups excluding carboxylic acids is 1. The second kappa shape index (κ2) is 6.68. The Morgan fingerprint density at radius 2 is 2.05 bits per heavy atom. The van der Waals surface area contributed by atoms with Gasteiger partial charge < -0.3 is 15.6 Å². The first kappa shape index (κ1) is 16.4. The van der Waals surface area contributed by atoms with E-state index in [1.54, 1.807) is 0 Å². The van der Waals surface area contributed by atoms with Crippen molar-refractivity contribution in [2.75, 3.05) is 13.2 Å². The Bertz CT molecular complexity index is 631. The van der Waals surface area contributed by atoms with E-state index >= 15 is 0 Å². The van der Waals surface area contributed by atoms with Gasteiger partial charge in [0.2, 0.25) is 10.0 Å². The summed E-state index contributed by atoms with van der Waals surface area (Å²) in [6.07, 6.45) is -1.02. The van der Waals surface area contributed by atoms with Crippen LogP contribution in [0, 0.1) is 0 Å². The largest absolute Gasteiger partial charge is 0.478 e. The Hall–Kier alpha value is -1.65. The summed E-state index contributed by atoms with van der Waals surface area (Å²) in [6, 6.07) is 3.60. The number of primary amides is 1. The van der Waals surface area contributed by atoms with Gasteiger partial charge in [0.05, 0.1) is 10.5 Å². The molecule has 0 aliphatic rings. The topological polar surface area (TPSA) is 136 Å². The fraction of sp³-hybridized carbons (Fsp3) is 0.200. The smallest absolute Gasteiger partial charge is 0.404 e. The number of carboxylic acids is 1. The van der Waals surface area contributed by atoms with Crippen molar-refractivity contribution >= 4 is 38.0 Å². The van der Waals surface area contributed by atoms with E-state index < -0.39 is 22.1 Å². The maximum atomic E-state index is 12.0. The lowest BCUT2D eigenvalue weighted by Crippen LogP contribution is -2.29. The highest BCUT2D eigenvalue weighted by atomic mass is 79.9. The normalized spacial score (nSPS) is 11.1. The van der Waals surface area contributed by atoms with Crippen LogP contribution in [-0.2, 0) is 14.8 Å². The van der Waals surface area contributed by atoms with Gasteiger partial charge in [-0.2, -0.15) is 0 Å². The predicted octanol–water partition coefficient (Wildman–Crippen LogP) is 0.521. The minimum Gasteiger partial charge on any atom is -0.478 e. The van der Waals surface area contributed by atoms with Crippen LogP contribution in [0.3, 0.4) is 0 Å². The highest BCUT2D eigenvalue weighted by Gasteiger charge is 2.19. The maximum Gasteiger partial charge on any atom is 0.404 e. The third kappa shape index (κ3) is 4.47. The van der Waals surface area contributed by atoms with Gasteiger partial charge >= 0.3 is 12.1 Å². The Labute approximate surface area is 123 Å². The number of hydrogen-bond acceptors (Lipinski definition) is 5. The molecule has 0 unspecified atom stereocenters. The summed E-state index contributed by atoms with van der Waals surface area (Å²) in [6.45, 7) is -0.417. The van der Waals surface area contributed by atoms with Gasteiger partial charge in [0, 0.05) is 11.0 Å². The molecular weight excluding hydrogens is 356 g/mol. The Kier molecular flexibility index (Phi) is 5.48. The number of carbonyl (C=O) groups is 2. The molecule has 4 N–H and O–H groups in total. The zero-order valence-electron chi connectivity index (χ0n) is 10.00. The van der Waals surface area contributed by atoms with Gasteiger partial charge in [0.25, 0.3) is 0 Å². The zero-order valence-corrected chi connectivity index (χ0v) is 12.4. The number of benzene rings is 1. The fourth-order valence-electron chi connectivity index (χ4n) is 1.25. The van der Waals surface area contributed by atoms with Crippen molar-refractivity contribution in [3.63, 3.8) is 0 Å². The van der Waals surface area contributed by atoms with Crippen LogP contribution in [0.15, 0.2) is 27.6 Å². The summed E-state index contributed by atoms with van der Waals surface area (Å²) in [5.41, 5.74) is 4.55. The molecule has 0 aliphatic carbocycles. The van der Waals surface area contributed by atoms with E-state index in [2.05, 4.69) is 25.4 Å². The van der Waals surface area contributed by atoms with E-state index in [0.29, 0.717) is 0 Å². The molecule has 0 aliphatic heterocycles. The van der Waals surface area contributed by atoms with Gasteiger partial charge in [-0.15, -0.1) is 0 Å². The molecule has 0 atom stereocenters. The van der Waals surface area contributed by atoms with E-state index in [0.717, 1.165) is 6.07 Å². The number of aromatic carboxylic acids is 1. The molecule has 110 valence electrons. The Morgan fingerprint density at radius 1 is 1.40 bits per heavy atom. The van der Waals surface area contributed by atoms with E-state index in [1.807, 2.05) is 0 Å². The van der Waals surface area contributed by atoms with Crippen LogP contribution in [-0.4, -0.2) is 38.7 Å². The molecule has 10 heteroatoms. The monoisotopic (exact) mass is 366 g/mol. The quantitative estimate of drug-likeness (QED) is 0.627. The SMILES string of the molecule is NC(=O)OCCNS(=O)(=O)c1cc(C(=O)O)ccc1Br. The molecule has 0 fully saturated rings. The van der Waals surface area contributed by atoms with E-state index in [9.17, 15) is 18.0 Å². The lowest BCUT2D eigenvalue weighted by molar-refractivity contribution is 0.0696. The van der Waals surface area contributed by atoms with Crippen LogP contribution in [0.5, 0.6) is 0 Å². The van der Waals surface area contributed by atoms with Crippen molar-refractivity contribution in [2.45, 2.75) is 4.90 Å². The van der Waals surface area contributed by atoms with Crippen LogP contribution < -0.4 is 10.5 Å². The number of rotatable bonds is 6. The minimum atomic E-state index is -3.94. The van der Waals surface area contributed by atoms with Crippen molar-refractivity contribution in [1.29, 1.82) is 0 Å². The zero-order chi connectivity index (χ0) is 15.3. The first-order valence-electron chi connectivity index (χ1n) is 5.19. The summed E-state index contributed by atoms with van der Waals surface area (Å²) in [7, 11) is -3.94. The van der Waals surface area contributed by atoms with Crippen molar-refractivity contribution in [1.82, 2.24) is 4.72 Å². The number of nitrogens with two attached hydrogens (primary N) is 1. The molecule has 0 saturated heterocycles. The van der Waals surface area contributed by atoms with Crippen molar-refractivity contribution in [2.24, 2.45) is 5.73 Å². The second-order valence-electron chi connectivity index (χ2n) is 3.52. The molecule has 0 bridgehead atoms. The average molecular weight is 367 g/mol. The number of halogens is 1. The molecule has 1 aromatic carbocycles. The fourth-order valence-corrected chi connectivity index (χ4v) is 3.25. The summed E-state index contributed by atoms with van der Waals surface area (Å²) < 4.78 is 30.7. The number of carboxylic acid groups (broad SMARTS) is 1. The average Bonchev–Trinajstić information content (AvgIpc) is 2.34. The highest BCUT2D eigenvalue weighted by Crippen LogP contribution is 2.23. The number of ether oxygens (including phenoxy) is 1. The van der Waals surface area contributed by atoms with Crippen LogP contribution in [0.4, 0.5) is 4.79 Å². The molecule has 0 heterocycles. The van der Waals surface area contributed by atoms with Gasteiger partial charge in [0.15, 0.2) is 0 Å². The van der Waals surface area contributed by atoms with Gasteiger partial charge in [-0.25, -0.2) is 22.7 Å². The lowest BCUT2D eigenvalue weighted by Gasteiger charge is -2.09. The Balaban J connectivity index is 2.89. The molecular formula is C10H11BrN2O6S. The first-order valence-corrected chi connectivity index (χ1v) is 7.46. The molecule has 8 nitrogen and oxygen atoms in total. The summed E-state index contributed by atoms with van der Waals surface area (Å²) >= 11 is 3.03. The minimum absolute atomic E-state index is 0.165. The third-order valence-electron chi connectivity index (χ3n) is 2.11. The molecule has 0 radical (unpaired) electrons. The highest BCUT2D eigenvalue weighted by molar-refractivity contribution is 9.10. The van der Waals surface area contributed by atoms with Gasteiger partial charge in [-0.05, 0) is 34.1 Å². The summed E-state index contributed by atoms with van der Waals surface area (Å²) in [5, 5.41) is 8.84. The standard InChI is InChI=1S/C10H11BrN2O6S/c11-7-2-1-6(9(14)15)5-8(7)20(17,18)13-3-4-19-10(12)16/h1-2,5,13H,3-4H2,(H2,12,16)(H,14,15). The lowest BCUT2D eigenvalue weighted by atomic mass is 10.2. The molecule has 0 aromatic heterocycles. The molecule has 1 amide bonds. The second-order valence-corrected chi connectivity index (χ2v) is 6.11. The number of nitrogens with one attached hydrogen (secondary N) is 1. The maximum absolute atomic E-state index is 12.0. The molecule has 0 spiro atoms. The number of sulfonamides is 1. The van der Waals surface area contributed by atoms with Crippen LogP contribution in [0.2, 0.25) is 0 Å². The van der Waals surface area contributed by atoms with Gasteiger partial charge in [-0.1, -0.05) is 0 Å². The third-order valence-corrected chi connectivity index (χ3v) is 4.56. The summed E-state index contributed by atoms with van der Waals surface area (Å²) in [5.74, 6) is -1.24. The number of amides is 1. The Morgan fingerprint density at radius 3 is 2.60 bits per heavy atom. The first-order chi connectivity index (χ1) is 9.24. The van der Waals surface area contributed by atoms with Gasteiger partial charge in [0.1, 0.15) is 6.61 Å². The van der Waals surface area contributed by atoms with Gasteiger partial charge in [-0.3, -0.25) is 0 Å². The number of hydrogen-bond donors (Lipinski definition) is 3. The van der Waals surface area contributed by atoms with Crippen molar-refractivity contribution in [3.8, 4) is 0 Å². The molecule has 1 rings (SSSR count). The van der Waals surface area contributed by atoms with Crippen LogP contribution in [0.1, 0.15) is 10.4 Å². The molecule has 1 aromatic rings. The van der Waals surface area contributed by atoms with E-state index in [1.165, 1.54) is 12.1 Å².